The molecule has 51 heavy (non-hydrogen) atoms. The number of hydrogen-bond donors (Lipinski definition) is 1. The van der Waals surface area contributed by atoms with Gasteiger partial charge < -0.3 is 47.7 Å². The van der Waals surface area contributed by atoms with Gasteiger partial charge in [-0.25, -0.2) is 0 Å². The van der Waals surface area contributed by atoms with Crippen molar-refractivity contribution in [3.8, 4) is 0 Å². The van der Waals surface area contributed by atoms with Crippen LogP contribution in [-0.2, 0) is 42.6 Å². The van der Waals surface area contributed by atoms with E-state index < -0.39 is 27.8 Å². The summed E-state index contributed by atoms with van der Waals surface area (Å²) < 4.78 is 55.7. The van der Waals surface area contributed by atoms with E-state index in [1.807, 2.05) is 6.92 Å². The molecule has 298 valence electrons. The first-order chi connectivity index (χ1) is 23.8. The Balaban J connectivity index is 1.67. The van der Waals surface area contributed by atoms with Gasteiger partial charge in [-0.3, -0.25) is 0 Å². The van der Waals surface area contributed by atoms with Crippen LogP contribution in [0.2, 0.25) is 6.32 Å². The fourth-order valence-electron chi connectivity index (χ4n) is 5.98. The van der Waals surface area contributed by atoms with Crippen molar-refractivity contribution in [1.29, 1.82) is 0 Å². The van der Waals surface area contributed by atoms with Crippen molar-refractivity contribution in [1.82, 2.24) is 0 Å². The van der Waals surface area contributed by atoms with Crippen molar-refractivity contribution in [3.63, 3.8) is 0 Å². The molecule has 0 amide bonds. The zero-order valence-corrected chi connectivity index (χ0v) is 34.4. The Morgan fingerprint density at radius 3 is 1.47 bits per heavy atom. The first-order valence-electron chi connectivity index (χ1n) is 19.8. The standard InChI is InChI=1S/C40H75BO10/c1-12-36(8,16-18-47-37(9,13-2)20-32-23-44-32)50-29-40(26-42,28-48-34(4,5)15-17-46-35(6,7)19-31-22-43-31)30-51-38(10,14-3)27-49-39(11,25-41)21-33-24-45-33/h31-33,42H,12-30H2,1-11H3. The van der Waals surface area contributed by atoms with Gasteiger partial charge in [-0.05, 0) is 87.5 Å². The van der Waals surface area contributed by atoms with Gasteiger partial charge in [-0.15, -0.1) is 0 Å². The average Bonchev–Trinajstić information content (AvgIpc) is 3.93. The predicted molar refractivity (Wildman–Crippen MR) is 201 cm³/mol. The highest BCUT2D eigenvalue weighted by atomic mass is 16.6. The summed E-state index contributed by atoms with van der Waals surface area (Å²) in [4.78, 5) is 0. The van der Waals surface area contributed by atoms with Crippen molar-refractivity contribution in [2.45, 2.75) is 186 Å². The van der Waals surface area contributed by atoms with Gasteiger partial charge in [0, 0.05) is 19.3 Å². The molecule has 8 atom stereocenters. The minimum absolute atomic E-state index is 0.167. The van der Waals surface area contributed by atoms with Crippen molar-refractivity contribution < 1.29 is 47.7 Å². The highest BCUT2D eigenvalue weighted by Crippen LogP contribution is 2.35. The molecule has 3 fully saturated rings. The van der Waals surface area contributed by atoms with Crippen LogP contribution in [0.15, 0.2) is 0 Å². The summed E-state index contributed by atoms with van der Waals surface area (Å²) >= 11 is 0. The summed E-state index contributed by atoms with van der Waals surface area (Å²) in [6.45, 7) is 27.6. The van der Waals surface area contributed by atoms with Crippen LogP contribution in [-0.4, -0.2) is 131 Å². The number of rotatable bonds is 31. The van der Waals surface area contributed by atoms with Gasteiger partial charge in [0.25, 0.3) is 0 Å². The lowest BCUT2D eigenvalue weighted by Gasteiger charge is -2.42. The lowest BCUT2D eigenvalue weighted by Crippen LogP contribution is -2.49. The van der Waals surface area contributed by atoms with Crippen LogP contribution in [0.5, 0.6) is 0 Å². The Hall–Kier alpha value is -0.335. The van der Waals surface area contributed by atoms with Crippen LogP contribution < -0.4 is 0 Å². The molecule has 3 aliphatic rings. The fraction of sp³-hybridized carbons (Fsp3) is 1.00. The number of aliphatic hydroxyl groups is 1. The minimum atomic E-state index is -0.825. The number of aliphatic hydroxyl groups excluding tert-OH is 1. The van der Waals surface area contributed by atoms with Crippen LogP contribution in [0, 0.1) is 5.41 Å². The first kappa shape index (κ1) is 45.1. The van der Waals surface area contributed by atoms with Crippen molar-refractivity contribution >= 4 is 7.85 Å². The van der Waals surface area contributed by atoms with Gasteiger partial charge in [-0.2, -0.15) is 0 Å². The van der Waals surface area contributed by atoms with E-state index in [0.717, 1.165) is 58.3 Å². The number of hydrogen-bond acceptors (Lipinski definition) is 10. The highest BCUT2D eigenvalue weighted by Gasteiger charge is 2.41. The van der Waals surface area contributed by atoms with Gasteiger partial charge in [0.2, 0.25) is 0 Å². The van der Waals surface area contributed by atoms with E-state index in [-0.39, 0.29) is 43.7 Å². The maximum atomic E-state index is 11.1. The second-order valence-corrected chi connectivity index (χ2v) is 18.1. The maximum Gasteiger partial charge on any atom is 0.0884 e. The smallest absolute Gasteiger partial charge is 0.0884 e. The zero-order valence-electron chi connectivity index (χ0n) is 34.4. The van der Waals surface area contributed by atoms with Crippen molar-refractivity contribution in [3.05, 3.63) is 0 Å². The van der Waals surface area contributed by atoms with E-state index in [2.05, 4.69) is 69.2 Å². The Kier molecular flexibility index (Phi) is 16.8. The van der Waals surface area contributed by atoms with Crippen LogP contribution in [0.25, 0.3) is 0 Å². The third kappa shape index (κ3) is 16.5. The largest absolute Gasteiger partial charge is 0.396 e. The topological polar surface area (TPSA) is 113 Å². The van der Waals surface area contributed by atoms with Gasteiger partial charge in [0.15, 0.2) is 0 Å². The Morgan fingerprint density at radius 1 is 0.529 bits per heavy atom. The molecular weight excluding hydrogens is 651 g/mol. The fourth-order valence-corrected chi connectivity index (χ4v) is 5.98. The molecule has 0 aromatic rings. The molecule has 3 rings (SSSR count). The van der Waals surface area contributed by atoms with Crippen LogP contribution in [0.3, 0.4) is 0 Å². The molecule has 3 aliphatic heterocycles. The van der Waals surface area contributed by atoms with Gasteiger partial charge in [0.1, 0.15) is 0 Å². The average molecular weight is 727 g/mol. The Labute approximate surface area is 312 Å². The first-order valence-corrected chi connectivity index (χ1v) is 19.8. The molecule has 0 saturated carbocycles. The second-order valence-electron chi connectivity index (χ2n) is 18.1. The molecule has 0 aliphatic carbocycles. The Bertz CT molecular complexity index is 1020. The summed E-state index contributed by atoms with van der Waals surface area (Å²) in [5.74, 6) is 0. The molecule has 11 heteroatoms. The third-order valence-electron chi connectivity index (χ3n) is 11.5. The summed E-state index contributed by atoms with van der Waals surface area (Å²) in [5, 5.41) is 11.1. The molecule has 0 spiro atoms. The monoisotopic (exact) mass is 727 g/mol. The molecule has 3 saturated heterocycles. The maximum absolute atomic E-state index is 11.1. The quantitative estimate of drug-likeness (QED) is 0.0618. The lowest BCUT2D eigenvalue weighted by molar-refractivity contribution is -0.195. The van der Waals surface area contributed by atoms with E-state index in [1.54, 1.807) is 0 Å². The normalized spacial score (nSPS) is 26.4. The molecule has 8 unspecified atom stereocenters. The summed E-state index contributed by atoms with van der Waals surface area (Å²) in [7, 11) is 6.15. The molecule has 1 N–H and O–H groups in total. The molecule has 0 aromatic heterocycles. The second kappa shape index (κ2) is 19.0. The highest BCUT2D eigenvalue weighted by molar-refractivity contribution is 6.09. The lowest BCUT2D eigenvalue weighted by atomic mass is 9.84. The number of epoxide rings is 3. The molecule has 10 nitrogen and oxygen atoms in total. The van der Waals surface area contributed by atoms with Crippen molar-refractivity contribution in [2.24, 2.45) is 5.41 Å². The summed E-state index contributed by atoms with van der Waals surface area (Å²) in [5.41, 5.74) is -3.39. The third-order valence-corrected chi connectivity index (χ3v) is 11.5. The minimum Gasteiger partial charge on any atom is -0.396 e. The molecule has 2 radical (unpaired) electrons. The SMILES string of the molecule is [B]CC(C)(CC1CO1)OCC(C)(CC)OCC(CO)(COC(C)(C)CCOC(C)(C)CC1CO1)COC(C)(CC)CCOC(C)(CC)CC1CO1. The van der Waals surface area contributed by atoms with Gasteiger partial charge in [0.05, 0.1) is 131 Å². The van der Waals surface area contributed by atoms with Crippen LogP contribution in [0.4, 0.5) is 0 Å². The molecule has 3 heterocycles. The summed E-state index contributed by atoms with van der Waals surface area (Å²) in [6.07, 6.45) is 7.59. The predicted octanol–water partition coefficient (Wildman–Crippen LogP) is 6.62. The van der Waals surface area contributed by atoms with E-state index in [1.165, 1.54) is 0 Å². The van der Waals surface area contributed by atoms with E-state index in [9.17, 15) is 5.11 Å². The zero-order chi connectivity index (χ0) is 38.0. The van der Waals surface area contributed by atoms with Gasteiger partial charge >= 0.3 is 0 Å². The van der Waals surface area contributed by atoms with E-state index in [4.69, 9.17) is 50.5 Å². The Morgan fingerprint density at radius 2 is 0.980 bits per heavy atom. The summed E-state index contributed by atoms with van der Waals surface area (Å²) in [6, 6.07) is 0. The molecule has 0 aromatic carbocycles. The molecule has 0 bridgehead atoms. The van der Waals surface area contributed by atoms with E-state index in [0.29, 0.717) is 51.2 Å². The van der Waals surface area contributed by atoms with Crippen LogP contribution >= 0.6 is 0 Å². The number of ether oxygens (including phenoxy) is 9. The van der Waals surface area contributed by atoms with Gasteiger partial charge in [-0.1, -0.05) is 27.1 Å². The molecular formula is C40H75BO10. The van der Waals surface area contributed by atoms with Crippen LogP contribution in [0.1, 0.15) is 128 Å². The van der Waals surface area contributed by atoms with Crippen molar-refractivity contribution in [2.75, 3.05) is 66.1 Å². The van der Waals surface area contributed by atoms with E-state index >= 15 is 0 Å².